The molecule has 0 radical (unpaired) electrons. The van der Waals surface area contributed by atoms with Gasteiger partial charge in [-0.05, 0) is 45.7 Å². The lowest BCUT2D eigenvalue weighted by molar-refractivity contribution is -0.0439. The van der Waals surface area contributed by atoms with Crippen LogP contribution >= 0.6 is 31.9 Å². The second-order valence-corrected chi connectivity index (χ2v) is 7.75. The molecule has 0 bridgehead atoms. The Morgan fingerprint density at radius 2 is 1.95 bits per heavy atom. The Kier molecular flexibility index (Phi) is 5.00. The van der Waals surface area contributed by atoms with E-state index in [1.807, 2.05) is 13.8 Å². The average molecular weight is 430 g/mol. The van der Waals surface area contributed by atoms with E-state index >= 15 is 0 Å². The summed E-state index contributed by atoms with van der Waals surface area (Å²) in [6.45, 7) is 4.30. The highest BCUT2D eigenvalue weighted by Crippen LogP contribution is 2.22. The summed E-state index contributed by atoms with van der Waals surface area (Å²) >= 11 is 6.33. The number of nitrogens with one attached hydrogen (secondary N) is 1. The molecule has 0 spiro atoms. The fourth-order valence-corrected chi connectivity index (χ4v) is 4.31. The van der Waals surface area contributed by atoms with Crippen LogP contribution in [-0.2, 0) is 14.9 Å². The van der Waals surface area contributed by atoms with Gasteiger partial charge in [0.2, 0.25) is 0 Å². The van der Waals surface area contributed by atoms with E-state index in [1.165, 1.54) is 10.5 Å². The highest BCUT2D eigenvalue weighted by molar-refractivity contribution is 9.11. The zero-order chi connectivity index (χ0) is 14.9. The maximum Gasteiger partial charge on any atom is 0.303 e. The minimum absolute atomic E-state index is 0.144. The molecule has 2 heterocycles. The zero-order valence-electron chi connectivity index (χ0n) is 10.9. The van der Waals surface area contributed by atoms with E-state index in [0.29, 0.717) is 22.3 Å². The minimum atomic E-state index is -3.68. The Bertz CT molecular complexity index is 588. The first-order chi connectivity index (χ1) is 9.28. The van der Waals surface area contributed by atoms with Crippen LogP contribution in [0, 0.1) is 0 Å². The van der Waals surface area contributed by atoms with E-state index in [4.69, 9.17) is 4.74 Å². The van der Waals surface area contributed by atoms with Crippen LogP contribution in [0.2, 0.25) is 0 Å². The van der Waals surface area contributed by atoms with Gasteiger partial charge in [0.05, 0.1) is 18.4 Å². The zero-order valence-corrected chi connectivity index (χ0v) is 14.9. The third-order valence-corrected chi connectivity index (χ3v) is 5.02. The first-order valence-corrected chi connectivity index (χ1v) is 8.92. The van der Waals surface area contributed by atoms with Gasteiger partial charge in [-0.15, -0.1) is 0 Å². The molecule has 1 fully saturated rings. The van der Waals surface area contributed by atoms with Crippen LogP contribution in [0.3, 0.4) is 0 Å². The molecule has 2 atom stereocenters. The quantitative estimate of drug-likeness (QED) is 0.791. The third kappa shape index (κ3) is 3.88. The van der Waals surface area contributed by atoms with Gasteiger partial charge in [-0.25, -0.2) is 9.97 Å². The van der Waals surface area contributed by atoms with Crippen molar-refractivity contribution in [3.05, 3.63) is 15.4 Å². The first kappa shape index (κ1) is 16.1. The molecule has 20 heavy (non-hydrogen) atoms. The Morgan fingerprint density at radius 1 is 1.35 bits per heavy atom. The van der Waals surface area contributed by atoms with Gasteiger partial charge in [0, 0.05) is 13.1 Å². The van der Waals surface area contributed by atoms with Gasteiger partial charge in [-0.3, -0.25) is 4.72 Å². The van der Waals surface area contributed by atoms with Crippen molar-refractivity contribution in [3.63, 3.8) is 0 Å². The van der Waals surface area contributed by atoms with E-state index in [9.17, 15) is 8.42 Å². The van der Waals surface area contributed by atoms with Crippen LogP contribution < -0.4 is 4.72 Å². The molecule has 1 N–H and O–H groups in total. The van der Waals surface area contributed by atoms with Gasteiger partial charge >= 0.3 is 10.2 Å². The summed E-state index contributed by atoms with van der Waals surface area (Å²) in [6, 6.07) is 0. The smallest absolute Gasteiger partial charge is 0.303 e. The number of aromatic nitrogens is 2. The molecule has 0 amide bonds. The van der Waals surface area contributed by atoms with Crippen molar-refractivity contribution in [2.24, 2.45) is 0 Å². The Hall–Kier alpha value is -0.290. The van der Waals surface area contributed by atoms with Gasteiger partial charge in [0.15, 0.2) is 10.4 Å². The first-order valence-electron chi connectivity index (χ1n) is 5.89. The minimum Gasteiger partial charge on any atom is -0.373 e. The molecule has 10 heteroatoms. The Balaban J connectivity index is 2.18. The second-order valence-electron chi connectivity index (χ2n) is 4.51. The van der Waals surface area contributed by atoms with Crippen LogP contribution in [-0.4, -0.2) is 48.0 Å². The normalized spacial score (nSPS) is 24.6. The van der Waals surface area contributed by atoms with Gasteiger partial charge in [0.1, 0.15) is 4.60 Å². The van der Waals surface area contributed by atoms with E-state index in [2.05, 4.69) is 46.5 Å². The standard InChI is InChI=1S/C10H14Br2N4O3S/c1-6-4-16(5-7(2)19-6)20(17,18)15-10-9(12)14-8(11)3-13-10/h3,6-7H,4-5H2,1-2H3,(H,13,15). The molecule has 1 aromatic rings. The van der Waals surface area contributed by atoms with Crippen molar-refractivity contribution in [3.8, 4) is 0 Å². The van der Waals surface area contributed by atoms with Gasteiger partial charge in [0.25, 0.3) is 0 Å². The Morgan fingerprint density at radius 3 is 2.50 bits per heavy atom. The molecule has 1 aliphatic heterocycles. The summed E-state index contributed by atoms with van der Waals surface area (Å²) in [7, 11) is -3.68. The molecular weight excluding hydrogens is 416 g/mol. The SMILES string of the molecule is CC1CN(S(=O)(=O)Nc2ncc(Br)nc2Br)CC(C)O1. The lowest BCUT2D eigenvalue weighted by Gasteiger charge is -2.34. The maximum absolute atomic E-state index is 12.3. The monoisotopic (exact) mass is 428 g/mol. The van der Waals surface area contributed by atoms with Crippen LogP contribution in [0.4, 0.5) is 5.82 Å². The van der Waals surface area contributed by atoms with E-state index in [0.717, 1.165) is 0 Å². The molecular formula is C10H14Br2N4O3S. The molecule has 0 aliphatic carbocycles. The molecule has 0 saturated carbocycles. The van der Waals surface area contributed by atoms with Crippen LogP contribution in [0.5, 0.6) is 0 Å². The Labute approximate surface area is 134 Å². The van der Waals surface area contributed by atoms with E-state index in [1.54, 1.807) is 0 Å². The number of nitrogens with zero attached hydrogens (tertiary/aromatic N) is 3. The van der Waals surface area contributed by atoms with E-state index < -0.39 is 10.2 Å². The van der Waals surface area contributed by atoms with Gasteiger partial charge in [-0.1, -0.05) is 0 Å². The number of rotatable bonds is 3. The summed E-state index contributed by atoms with van der Waals surface area (Å²) < 4.78 is 34.8. The molecule has 112 valence electrons. The maximum atomic E-state index is 12.3. The van der Waals surface area contributed by atoms with Crippen molar-refractivity contribution >= 4 is 47.9 Å². The predicted octanol–water partition coefficient (Wildman–Crippen LogP) is 1.77. The fourth-order valence-electron chi connectivity index (χ4n) is 1.93. The molecule has 1 aliphatic rings. The van der Waals surface area contributed by atoms with Crippen molar-refractivity contribution in [2.45, 2.75) is 26.1 Å². The van der Waals surface area contributed by atoms with Gasteiger partial charge in [-0.2, -0.15) is 12.7 Å². The van der Waals surface area contributed by atoms with E-state index in [-0.39, 0.29) is 18.0 Å². The molecule has 2 unspecified atom stereocenters. The summed E-state index contributed by atoms with van der Waals surface area (Å²) in [5, 5.41) is 0. The summed E-state index contributed by atoms with van der Waals surface area (Å²) in [6.07, 6.45) is 1.14. The fraction of sp³-hybridized carbons (Fsp3) is 0.600. The summed E-state index contributed by atoms with van der Waals surface area (Å²) in [5.41, 5.74) is 0. The number of ether oxygens (including phenoxy) is 1. The van der Waals surface area contributed by atoms with Crippen molar-refractivity contribution in [2.75, 3.05) is 17.8 Å². The van der Waals surface area contributed by atoms with Crippen molar-refractivity contribution in [1.82, 2.24) is 14.3 Å². The number of hydrogen-bond acceptors (Lipinski definition) is 5. The lowest BCUT2D eigenvalue weighted by Crippen LogP contribution is -2.50. The highest BCUT2D eigenvalue weighted by atomic mass is 79.9. The van der Waals surface area contributed by atoms with Crippen LogP contribution in [0.1, 0.15) is 13.8 Å². The number of halogens is 2. The van der Waals surface area contributed by atoms with Crippen LogP contribution in [0.15, 0.2) is 15.4 Å². The van der Waals surface area contributed by atoms with Crippen molar-refractivity contribution in [1.29, 1.82) is 0 Å². The highest BCUT2D eigenvalue weighted by Gasteiger charge is 2.31. The molecule has 7 nitrogen and oxygen atoms in total. The van der Waals surface area contributed by atoms with Crippen LogP contribution in [0.25, 0.3) is 0 Å². The van der Waals surface area contributed by atoms with Crippen molar-refractivity contribution < 1.29 is 13.2 Å². The summed E-state index contributed by atoms with van der Waals surface area (Å²) in [4.78, 5) is 8.02. The number of anilines is 1. The number of hydrogen-bond donors (Lipinski definition) is 1. The average Bonchev–Trinajstić information content (AvgIpc) is 2.31. The molecule has 1 saturated heterocycles. The molecule has 1 aromatic heterocycles. The largest absolute Gasteiger partial charge is 0.373 e. The van der Waals surface area contributed by atoms with Gasteiger partial charge < -0.3 is 4.74 Å². The second kappa shape index (κ2) is 6.22. The lowest BCUT2D eigenvalue weighted by atomic mass is 10.3. The number of morpholine rings is 1. The summed E-state index contributed by atoms with van der Waals surface area (Å²) in [5.74, 6) is 0.153. The molecule has 0 aromatic carbocycles. The topological polar surface area (TPSA) is 84.4 Å². The third-order valence-electron chi connectivity index (χ3n) is 2.65. The predicted molar refractivity (Wildman–Crippen MR) is 81.6 cm³/mol. The molecule has 2 rings (SSSR count).